The Morgan fingerprint density at radius 2 is 1.76 bits per heavy atom. The van der Waals surface area contributed by atoms with E-state index >= 15 is 0 Å². The van der Waals surface area contributed by atoms with E-state index in [-0.39, 0.29) is 17.9 Å². The number of anilines is 1. The SMILES string of the molecule is Cc1c(C(=O)NC2CC3CCC(C2)N3c2ccc(C(=O)NCc3ccccc3)cn2)ccc2[nH]cnc12. The Balaban J connectivity index is 1.08. The summed E-state index contributed by atoms with van der Waals surface area (Å²) >= 11 is 0. The summed E-state index contributed by atoms with van der Waals surface area (Å²) in [6, 6.07) is 18.2. The molecule has 2 aliphatic heterocycles. The van der Waals surface area contributed by atoms with Gasteiger partial charge in [-0.25, -0.2) is 9.97 Å². The normalized spacial score (nSPS) is 20.7. The summed E-state index contributed by atoms with van der Waals surface area (Å²) in [4.78, 5) is 40.2. The van der Waals surface area contributed by atoms with Crippen LogP contribution in [0, 0.1) is 6.92 Å². The number of carbonyl (C=O) groups excluding carboxylic acids is 2. The second-order valence-electron chi connectivity index (χ2n) is 10.0. The lowest BCUT2D eigenvalue weighted by molar-refractivity contribution is 0.0924. The van der Waals surface area contributed by atoms with Crippen molar-refractivity contribution in [2.45, 2.75) is 57.3 Å². The van der Waals surface area contributed by atoms with E-state index in [0.29, 0.717) is 29.8 Å². The molecule has 2 amide bonds. The van der Waals surface area contributed by atoms with Gasteiger partial charge in [0.15, 0.2) is 0 Å². The van der Waals surface area contributed by atoms with Gasteiger partial charge < -0.3 is 20.5 Å². The maximum atomic E-state index is 13.1. The molecule has 8 heteroatoms. The summed E-state index contributed by atoms with van der Waals surface area (Å²) in [5, 5.41) is 6.24. The summed E-state index contributed by atoms with van der Waals surface area (Å²) in [6.45, 7) is 2.43. The van der Waals surface area contributed by atoms with E-state index in [2.05, 4.69) is 30.5 Å². The van der Waals surface area contributed by atoms with Gasteiger partial charge in [0.05, 0.1) is 22.9 Å². The molecule has 4 heterocycles. The third kappa shape index (κ3) is 4.55. The average molecular weight is 495 g/mol. The number of H-pyrrole nitrogens is 1. The monoisotopic (exact) mass is 494 g/mol. The van der Waals surface area contributed by atoms with Gasteiger partial charge in [0.25, 0.3) is 11.8 Å². The van der Waals surface area contributed by atoms with Gasteiger partial charge in [0.1, 0.15) is 5.82 Å². The van der Waals surface area contributed by atoms with Crippen molar-refractivity contribution in [3.05, 3.63) is 89.4 Å². The molecule has 0 spiro atoms. The van der Waals surface area contributed by atoms with Crippen LogP contribution in [0.15, 0.2) is 67.1 Å². The van der Waals surface area contributed by atoms with Crippen LogP contribution in [0.3, 0.4) is 0 Å². The molecule has 0 radical (unpaired) electrons. The van der Waals surface area contributed by atoms with Crippen molar-refractivity contribution in [1.82, 2.24) is 25.6 Å². The summed E-state index contributed by atoms with van der Waals surface area (Å²) in [5.74, 6) is 0.733. The lowest BCUT2D eigenvalue weighted by atomic mass is 9.96. The van der Waals surface area contributed by atoms with Crippen LogP contribution in [0.25, 0.3) is 11.0 Å². The molecule has 8 nitrogen and oxygen atoms in total. The van der Waals surface area contributed by atoms with Crippen LogP contribution in [0.2, 0.25) is 0 Å². The van der Waals surface area contributed by atoms with Crippen LogP contribution in [0.4, 0.5) is 5.82 Å². The number of amides is 2. The van der Waals surface area contributed by atoms with Gasteiger partial charge in [0, 0.05) is 36.4 Å². The number of rotatable bonds is 6. The van der Waals surface area contributed by atoms with Crippen LogP contribution in [-0.4, -0.2) is 44.9 Å². The molecule has 2 aliphatic rings. The van der Waals surface area contributed by atoms with Gasteiger partial charge in [-0.3, -0.25) is 9.59 Å². The van der Waals surface area contributed by atoms with E-state index < -0.39 is 0 Å². The van der Waals surface area contributed by atoms with E-state index in [1.165, 1.54) is 0 Å². The summed E-state index contributed by atoms with van der Waals surface area (Å²) in [6.07, 6.45) is 7.24. The van der Waals surface area contributed by atoms with E-state index in [0.717, 1.165) is 53.7 Å². The van der Waals surface area contributed by atoms with Gasteiger partial charge >= 0.3 is 0 Å². The Morgan fingerprint density at radius 1 is 0.973 bits per heavy atom. The Labute approximate surface area is 215 Å². The first-order chi connectivity index (χ1) is 18.1. The van der Waals surface area contributed by atoms with Gasteiger partial charge in [0.2, 0.25) is 0 Å². The molecule has 2 aromatic heterocycles. The number of piperidine rings is 1. The second-order valence-corrected chi connectivity index (χ2v) is 10.0. The number of pyridine rings is 1. The molecular formula is C29H30N6O2. The number of aromatic nitrogens is 3. The summed E-state index contributed by atoms with van der Waals surface area (Å²) in [7, 11) is 0. The fourth-order valence-corrected chi connectivity index (χ4v) is 5.88. The minimum Gasteiger partial charge on any atom is -0.350 e. The van der Waals surface area contributed by atoms with Crippen LogP contribution in [-0.2, 0) is 6.54 Å². The minimum absolute atomic E-state index is 0.0377. The molecule has 37 heavy (non-hydrogen) atoms. The van der Waals surface area contributed by atoms with E-state index in [1.54, 1.807) is 12.5 Å². The smallest absolute Gasteiger partial charge is 0.253 e. The molecular weight excluding hydrogens is 464 g/mol. The largest absolute Gasteiger partial charge is 0.350 e. The lowest BCUT2D eigenvalue weighted by Crippen LogP contribution is -2.50. The van der Waals surface area contributed by atoms with E-state index in [4.69, 9.17) is 0 Å². The van der Waals surface area contributed by atoms with Crippen molar-refractivity contribution in [1.29, 1.82) is 0 Å². The van der Waals surface area contributed by atoms with Crippen LogP contribution in [0.1, 0.15) is 57.5 Å². The number of aryl methyl sites for hydroxylation is 1. The van der Waals surface area contributed by atoms with Crippen molar-refractivity contribution in [3.63, 3.8) is 0 Å². The van der Waals surface area contributed by atoms with Gasteiger partial charge in [-0.15, -0.1) is 0 Å². The summed E-state index contributed by atoms with van der Waals surface area (Å²) < 4.78 is 0. The maximum absolute atomic E-state index is 13.1. The zero-order valence-corrected chi connectivity index (χ0v) is 20.8. The first-order valence-corrected chi connectivity index (χ1v) is 12.9. The number of nitrogens with one attached hydrogen (secondary N) is 3. The van der Waals surface area contributed by atoms with Crippen LogP contribution in [0.5, 0.6) is 0 Å². The fraction of sp³-hybridized carbons (Fsp3) is 0.310. The number of aromatic amines is 1. The van der Waals surface area contributed by atoms with Crippen molar-refractivity contribution < 1.29 is 9.59 Å². The average Bonchev–Trinajstić information content (AvgIpc) is 3.51. The highest BCUT2D eigenvalue weighted by molar-refractivity contribution is 6.00. The quantitative estimate of drug-likeness (QED) is 0.374. The first kappa shape index (κ1) is 23.2. The highest BCUT2D eigenvalue weighted by Gasteiger charge is 2.42. The highest BCUT2D eigenvalue weighted by atomic mass is 16.2. The molecule has 2 unspecified atom stereocenters. The lowest BCUT2D eigenvalue weighted by Gasteiger charge is -2.40. The molecule has 4 aromatic rings. The van der Waals surface area contributed by atoms with Crippen molar-refractivity contribution in [3.8, 4) is 0 Å². The summed E-state index contributed by atoms with van der Waals surface area (Å²) in [5.41, 5.74) is 4.96. The number of hydrogen-bond donors (Lipinski definition) is 3. The highest BCUT2D eigenvalue weighted by Crippen LogP contribution is 2.38. The molecule has 0 saturated carbocycles. The van der Waals surface area contributed by atoms with Gasteiger partial charge in [-0.2, -0.15) is 0 Å². The second kappa shape index (κ2) is 9.69. The molecule has 6 rings (SSSR count). The Kier molecular flexibility index (Phi) is 6.08. The molecule has 0 aliphatic carbocycles. The van der Waals surface area contributed by atoms with Gasteiger partial charge in [-0.05, 0) is 68.0 Å². The van der Waals surface area contributed by atoms with Crippen molar-refractivity contribution >= 4 is 28.7 Å². The third-order valence-corrected chi connectivity index (χ3v) is 7.73. The molecule has 188 valence electrons. The number of fused-ring (bicyclic) bond motifs is 3. The molecule has 2 saturated heterocycles. The zero-order valence-electron chi connectivity index (χ0n) is 20.8. The molecule has 2 atom stereocenters. The number of nitrogens with zero attached hydrogens (tertiary/aromatic N) is 3. The van der Waals surface area contributed by atoms with Crippen LogP contribution >= 0.6 is 0 Å². The maximum Gasteiger partial charge on any atom is 0.253 e. The molecule has 2 fully saturated rings. The molecule has 2 bridgehead atoms. The Morgan fingerprint density at radius 3 is 2.49 bits per heavy atom. The molecule has 2 aromatic carbocycles. The minimum atomic E-state index is -0.129. The Hall–Kier alpha value is -4.20. The Bertz CT molecular complexity index is 1420. The number of imidazole rings is 1. The van der Waals surface area contributed by atoms with Crippen molar-refractivity contribution in [2.24, 2.45) is 0 Å². The predicted molar refractivity (Wildman–Crippen MR) is 142 cm³/mol. The fourth-order valence-electron chi connectivity index (χ4n) is 5.88. The van der Waals surface area contributed by atoms with Crippen LogP contribution < -0.4 is 15.5 Å². The number of hydrogen-bond acceptors (Lipinski definition) is 5. The zero-order chi connectivity index (χ0) is 25.4. The topological polar surface area (TPSA) is 103 Å². The number of carbonyl (C=O) groups is 2. The standard InChI is InChI=1S/C29H30N6O2/c1-18-24(10-11-25-27(18)33-17-32-25)29(37)34-21-13-22-8-9-23(14-21)35(22)26-12-7-20(16-30-26)28(36)31-15-19-5-3-2-4-6-19/h2-7,10-12,16-17,21-23H,8-9,13-15H2,1H3,(H,31,36)(H,32,33)(H,34,37). The third-order valence-electron chi connectivity index (χ3n) is 7.73. The predicted octanol–water partition coefficient (Wildman–Crippen LogP) is 4.13. The van der Waals surface area contributed by atoms with Gasteiger partial charge in [-0.1, -0.05) is 30.3 Å². The first-order valence-electron chi connectivity index (χ1n) is 12.9. The van der Waals surface area contributed by atoms with Crippen molar-refractivity contribution in [2.75, 3.05) is 4.90 Å². The van der Waals surface area contributed by atoms with E-state index in [1.807, 2.05) is 61.5 Å². The number of benzene rings is 2. The molecule has 3 N–H and O–H groups in total. The van der Waals surface area contributed by atoms with E-state index in [9.17, 15) is 9.59 Å².